The van der Waals surface area contributed by atoms with Crippen LogP contribution in [0.3, 0.4) is 0 Å². The molecule has 2 atom stereocenters. The SMILES string of the molecule is Cc1cccc(NC[C@@H]2CCCN3CCCC[C@H]23)c1C. The Morgan fingerprint density at radius 2 is 1.95 bits per heavy atom. The Kier molecular flexibility index (Phi) is 4.30. The van der Waals surface area contributed by atoms with E-state index in [0.29, 0.717) is 0 Å². The third-order valence-electron chi connectivity index (χ3n) is 5.39. The van der Waals surface area contributed by atoms with Crippen molar-refractivity contribution in [1.29, 1.82) is 0 Å². The van der Waals surface area contributed by atoms with Gasteiger partial charge >= 0.3 is 0 Å². The summed E-state index contributed by atoms with van der Waals surface area (Å²) in [4.78, 5) is 2.75. The first-order chi connectivity index (χ1) is 9.75. The van der Waals surface area contributed by atoms with Crippen molar-refractivity contribution in [3.8, 4) is 0 Å². The van der Waals surface area contributed by atoms with Gasteiger partial charge in [0.15, 0.2) is 0 Å². The molecule has 2 heteroatoms. The van der Waals surface area contributed by atoms with Crippen LogP contribution in [0.4, 0.5) is 5.69 Å². The third-order valence-corrected chi connectivity index (χ3v) is 5.39. The van der Waals surface area contributed by atoms with Gasteiger partial charge < -0.3 is 10.2 Å². The number of piperidine rings is 2. The van der Waals surface area contributed by atoms with Crippen LogP contribution in [-0.2, 0) is 0 Å². The first-order valence-electron chi connectivity index (χ1n) is 8.30. The number of nitrogens with one attached hydrogen (secondary N) is 1. The number of fused-ring (bicyclic) bond motifs is 1. The standard InChI is InChI=1S/C18H28N2/c1-14-7-5-9-17(15(14)2)19-13-16-8-6-12-20-11-4-3-10-18(16)20/h5,7,9,16,18-19H,3-4,6,8,10-13H2,1-2H3/t16-,18+/m0/s1. The molecule has 2 fully saturated rings. The van der Waals surface area contributed by atoms with Crippen molar-refractivity contribution >= 4 is 5.69 Å². The molecule has 3 rings (SSSR count). The molecule has 2 heterocycles. The van der Waals surface area contributed by atoms with E-state index in [-0.39, 0.29) is 0 Å². The average Bonchev–Trinajstić information content (AvgIpc) is 2.49. The van der Waals surface area contributed by atoms with Crippen molar-refractivity contribution in [3.63, 3.8) is 0 Å². The molecule has 2 saturated heterocycles. The molecule has 0 bridgehead atoms. The fourth-order valence-corrected chi connectivity index (χ4v) is 4.00. The van der Waals surface area contributed by atoms with Gasteiger partial charge in [-0.25, -0.2) is 0 Å². The van der Waals surface area contributed by atoms with E-state index in [4.69, 9.17) is 0 Å². The zero-order valence-electron chi connectivity index (χ0n) is 13.0. The Labute approximate surface area is 123 Å². The van der Waals surface area contributed by atoms with E-state index in [9.17, 15) is 0 Å². The number of nitrogens with zero attached hydrogens (tertiary/aromatic N) is 1. The smallest absolute Gasteiger partial charge is 0.0372 e. The van der Waals surface area contributed by atoms with E-state index >= 15 is 0 Å². The normalized spacial score (nSPS) is 27.1. The summed E-state index contributed by atoms with van der Waals surface area (Å²) in [6, 6.07) is 7.43. The predicted molar refractivity (Wildman–Crippen MR) is 86.3 cm³/mol. The number of aryl methyl sites for hydroxylation is 1. The lowest BCUT2D eigenvalue weighted by molar-refractivity contribution is 0.0649. The molecule has 0 unspecified atom stereocenters. The Balaban J connectivity index is 1.63. The van der Waals surface area contributed by atoms with Crippen LogP contribution in [0.5, 0.6) is 0 Å². The van der Waals surface area contributed by atoms with Crippen LogP contribution in [0.2, 0.25) is 0 Å². The summed E-state index contributed by atoms with van der Waals surface area (Å²) in [5.41, 5.74) is 4.12. The van der Waals surface area contributed by atoms with Crippen LogP contribution in [0, 0.1) is 19.8 Å². The minimum atomic E-state index is 0.837. The summed E-state index contributed by atoms with van der Waals surface area (Å²) >= 11 is 0. The van der Waals surface area contributed by atoms with Gasteiger partial charge in [-0.1, -0.05) is 18.6 Å². The lowest BCUT2D eigenvalue weighted by atomic mass is 9.83. The van der Waals surface area contributed by atoms with Gasteiger partial charge in [0.1, 0.15) is 0 Å². The largest absolute Gasteiger partial charge is 0.384 e. The second kappa shape index (κ2) is 6.17. The zero-order valence-corrected chi connectivity index (χ0v) is 13.0. The van der Waals surface area contributed by atoms with Gasteiger partial charge in [0, 0.05) is 18.3 Å². The maximum atomic E-state index is 3.73. The van der Waals surface area contributed by atoms with Crippen molar-refractivity contribution < 1.29 is 0 Å². The molecule has 110 valence electrons. The van der Waals surface area contributed by atoms with Gasteiger partial charge in [0.2, 0.25) is 0 Å². The zero-order chi connectivity index (χ0) is 13.9. The van der Waals surface area contributed by atoms with Crippen molar-refractivity contribution in [2.24, 2.45) is 5.92 Å². The Bertz CT molecular complexity index is 453. The molecule has 0 saturated carbocycles. The second-order valence-corrected chi connectivity index (χ2v) is 6.63. The van der Waals surface area contributed by atoms with Crippen molar-refractivity contribution in [2.75, 3.05) is 25.0 Å². The van der Waals surface area contributed by atoms with Crippen LogP contribution >= 0.6 is 0 Å². The number of benzene rings is 1. The molecule has 0 amide bonds. The van der Waals surface area contributed by atoms with Crippen LogP contribution in [-0.4, -0.2) is 30.6 Å². The third kappa shape index (κ3) is 2.85. The number of hydrogen-bond donors (Lipinski definition) is 1. The molecular formula is C18H28N2. The topological polar surface area (TPSA) is 15.3 Å². The van der Waals surface area contributed by atoms with Crippen molar-refractivity contribution in [1.82, 2.24) is 4.90 Å². The van der Waals surface area contributed by atoms with Gasteiger partial charge in [-0.15, -0.1) is 0 Å². The van der Waals surface area contributed by atoms with Gasteiger partial charge in [0.05, 0.1) is 0 Å². The monoisotopic (exact) mass is 272 g/mol. The molecule has 2 nitrogen and oxygen atoms in total. The molecule has 1 N–H and O–H groups in total. The van der Waals surface area contributed by atoms with Crippen molar-refractivity contribution in [2.45, 2.75) is 52.0 Å². The minimum Gasteiger partial charge on any atom is -0.384 e. The lowest BCUT2D eigenvalue weighted by Crippen LogP contribution is -2.49. The molecule has 20 heavy (non-hydrogen) atoms. The van der Waals surface area contributed by atoms with E-state index in [0.717, 1.165) is 18.5 Å². The molecule has 2 aliphatic rings. The van der Waals surface area contributed by atoms with Gasteiger partial charge in [-0.3, -0.25) is 0 Å². The fraction of sp³-hybridized carbons (Fsp3) is 0.667. The Morgan fingerprint density at radius 1 is 1.10 bits per heavy atom. The van der Waals surface area contributed by atoms with Gasteiger partial charge in [0.25, 0.3) is 0 Å². The first kappa shape index (κ1) is 13.9. The summed E-state index contributed by atoms with van der Waals surface area (Å²) in [6.07, 6.45) is 7.04. The predicted octanol–water partition coefficient (Wildman–Crippen LogP) is 3.98. The summed E-state index contributed by atoms with van der Waals surface area (Å²) in [5.74, 6) is 0.837. The summed E-state index contributed by atoms with van der Waals surface area (Å²) in [5, 5.41) is 3.73. The summed E-state index contributed by atoms with van der Waals surface area (Å²) in [6.45, 7) is 8.25. The van der Waals surface area contributed by atoms with Crippen molar-refractivity contribution in [3.05, 3.63) is 29.3 Å². The number of anilines is 1. The van der Waals surface area contributed by atoms with E-state index in [1.165, 1.54) is 62.0 Å². The molecule has 1 aromatic rings. The quantitative estimate of drug-likeness (QED) is 0.895. The fourth-order valence-electron chi connectivity index (χ4n) is 4.00. The van der Waals surface area contributed by atoms with Crippen LogP contribution in [0.25, 0.3) is 0 Å². The van der Waals surface area contributed by atoms with Crippen LogP contribution in [0.1, 0.15) is 43.2 Å². The molecule has 0 radical (unpaired) electrons. The molecular weight excluding hydrogens is 244 g/mol. The highest BCUT2D eigenvalue weighted by atomic mass is 15.2. The highest BCUT2D eigenvalue weighted by molar-refractivity contribution is 5.53. The highest BCUT2D eigenvalue weighted by Crippen LogP contribution is 2.31. The molecule has 0 aromatic heterocycles. The number of hydrogen-bond acceptors (Lipinski definition) is 2. The van der Waals surface area contributed by atoms with Crippen LogP contribution in [0.15, 0.2) is 18.2 Å². The summed E-state index contributed by atoms with van der Waals surface area (Å²) in [7, 11) is 0. The summed E-state index contributed by atoms with van der Waals surface area (Å²) < 4.78 is 0. The number of rotatable bonds is 3. The highest BCUT2D eigenvalue weighted by Gasteiger charge is 2.32. The molecule has 1 aromatic carbocycles. The Morgan fingerprint density at radius 3 is 2.85 bits per heavy atom. The van der Waals surface area contributed by atoms with Crippen LogP contribution < -0.4 is 5.32 Å². The second-order valence-electron chi connectivity index (χ2n) is 6.63. The minimum absolute atomic E-state index is 0.837. The average molecular weight is 272 g/mol. The molecule has 0 spiro atoms. The molecule has 0 aliphatic carbocycles. The van der Waals surface area contributed by atoms with Gasteiger partial charge in [-0.05, 0) is 75.7 Å². The lowest BCUT2D eigenvalue weighted by Gasteiger charge is -2.44. The first-order valence-corrected chi connectivity index (χ1v) is 8.30. The van der Waals surface area contributed by atoms with E-state index < -0.39 is 0 Å². The van der Waals surface area contributed by atoms with E-state index in [1.54, 1.807) is 0 Å². The Hall–Kier alpha value is -1.02. The maximum Gasteiger partial charge on any atom is 0.0372 e. The maximum absolute atomic E-state index is 3.73. The van der Waals surface area contributed by atoms with E-state index in [2.05, 4.69) is 42.3 Å². The van der Waals surface area contributed by atoms with E-state index in [1.807, 2.05) is 0 Å². The van der Waals surface area contributed by atoms with Gasteiger partial charge in [-0.2, -0.15) is 0 Å². The molecule has 2 aliphatic heterocycles.